The van der Waals surface area contributed by atoms with E-state index in [1.807, 2.05) is 54.0 Å². The van der Waals surface area contributed by atoms with Gasteiger partial charge in [0.2, 0.25) is 5.91 Å². The van der Waals surface area contributed by atoms with E-state index in [1.54, 1.807) is 7.11 Å². The van der Waals surface area contributed by atoms with Gasteiger partial charge in [0.15, 0.2) is 5.82 Å². The molecule has 1 aliphatic heterocycles. The summed E-state index contributed by atoms with van der Waals surface area (Å²) < 4.78 is 7.52. The Kier molecular flexibility index (Phi) is 6.37. The molecule has 1 N–H and O–H groups in total. The van der Waals surface area contributed by atoms with Crippen LogP contribution in [0.5, 0.6) is 5.75 Å². The number of nitrogens with zero attached hydrogens (tertiary/aromatic N) is 4. The fraction of sp³-hybridized carbons (Fsp3) is 0.385. The lowest BCUT2D eigenvalue weighted by atomic mass is 9.95. The van der Waals surface area contributed by atoms with Crippen molar-refractivity contribution in [2.24, 2.45) is 4.99 Å². The number of aryl methyl sites for hydroxylation is 1. The van der Waals surface area contributed by atoms with Gasteiger partial charge in [-0.05, 0) is 50.1 Å². The van der Waals surface area contributed by atoms with E-state index in [1.165, 1.54) is 6.42 Å². The van der Waals surface area contributed by atoms with Gasteiger partial charge < -0.3 is 10.1 Å². The van der Waals surface area contributed by atoms with Crippen molar-refractivity contribution >= 4 is 23.2 Å². The maximum Gasteiger partial charge on any atom is 0.222 e. The smallest absolute Gasteiger partial charge is 0.222 e. The number of carbonyl (C=O) groups is 1. The van der Waals surface area contributed by atoms with Crippen molar-refractivity contribution in [3.05, 3.63) is 70.3 Å². The zero-order valence-corrected chi connectivity index (χ0v) is 20.2. The number of aromatic nitrogens is 3. The highest BCUT2D eigenvalue weighted by molar-refractivity contribution is 6.30. The van der Waals surface area contributed by atoms with Crippen molar-refractivity contribution in [3.63, 3.8) is 0 Å². The molecule has 0 spiro atoms. The van der Waals surface area contributed by atoms with Crippen molar-refractivity contribution in [1.29, 1.82) is 0 Å². The molecule has 2 heterocycles. The number of aliphatic imine (C=N–C) groups is 1. The van der Waals surface area contributed by atoms with Gasteiger partial charge in [-0.25, -0.2) is 0 Å². The molecule has 5 rings (SSSR count). The average Bonchev–Trinajstić information content (AvgIpc) is 3.17. The lowest BCUT2D eigenvalue weighted by Crippen LogP contribution is -2.36. The standard InChI is InChI=1S/C26H28ClN5O2/c1-16-30-31-26-22(15-24(33)28-19-6-4-3-5-7-19)29-25(17-8-10-18(27)11-9-17)21-14-20(34-2)12-13-23(21)32(16)26/h8-14,19,22H,3-7,15H2,1-2H3,(H,28,33). The van der Waals surface area contributed by atoms with Gasteiger partial charge in [-0.15, -0.1) is 10.2 Å². The van der Waals surface area contributed by atoms with Crippen LogP contribution in [0.1, 0.15) is 67.3 Å². The predicted molar refractivity (Wildman–Crippen MR) is 132 cm³/mol. The van der Waals surface area contributed by atoms with E-state index in [-0.39, 0.29) is 18.4 Å². The van der Waals surface area contributed by atoms with Gasteiger partial charge in [0, 0.05) is 22.2 Å². The molecule has 2 aliphatic rings. The summed E-state index contributed by atoms with van der Waals surface area (Å²) in [7, 11) is 1.64. The number of fused-ring (bicyclic) bond motifs is 3. The van der Waals surface area contributed by atoms with E-state index in [2.05, 4.69) is 15.5 Å². The number of carbonyl (C=O) groups excluding carboxylic acids is 1. The Hall–Kier alpha value is -3.19. The largest absolute Gasteiger partial charge is 0.497 e. The second kappa shape index (κ2) is 9.58. The number of hydrogen-bond acceptors (Lipinski definition) is 5. The maximum absolute atomic E-state index is 13.1. The number of rotatable bonds is 5. The first-order chi connectivity index (χ1) is 16.5. The molecule has 7 nitrogen and oxygen atoms in total. The third-order valence-corrected chi connectivity index (χ3v) is 6.85. The van der Waals surface area contributed by atoms with Gasteiger partial charge in [-0.2, -0.15) is 0 Å². The lowest BCUT2D eigenvalue weighted by Gasteiger charge is -2.23. The highest BCUT2D eigenvalue weighted by Gasteiger charge is 2.30. The van der Waals surface area contributed by atoms with Crippen LogP contribution in [0, 0.1) is 6.92 Å². The molecule has 2 aromatic carbocycles. The molecule has 0 saturated heterocycles. The molecule has 3 aromatic rings. The van der Waals surface area contributed by atoms with Crippen LogP contribution < -0.4 is 10.1 Å². The van der Waals surface area contributed by atoms with Crippen LogP contribution in [-0.2, 0) is 4.79 Å². The third kappa shape index (κ3) is 4.44. The number of benzene rings is 2. The third-order valence-electron chi connectivity index (χ3n) is 6.60. The molecular formula is C26H28ClN5O2. The van der Waals surface area contributed by atoms with Crippen molar-refractivity contribution < 1.29 is 9.53 Å². The first-order valence-electron chi connectivity index (χ1n) is 11.8. The van der Waals surface area contributed by atoms with Crippen molar-refractivity contribution in [1.82, 2.24) is 20.1 Å². The first kappa shape index (κ1) is 22.6. The molecule has 8 heteroatoms. The normalized spacial score (nSPS) is 17.9. The summed E-state index contributed by atoms with van der Waals surface area (Å²) in [5.74, 6) is 2.12. The van der Waals surface area contributed by atoms with Crippen LogP contribution in [0.3, 0.4) is 0 Å². The van der Waals surface area contributed by atoms with E-state index in [0.29, 0.717) is 10.8 Å². The fourth-order valence-corrected chi connectivity index (χ4v) is 5.01. The molecule has 1 fully saturated rings. The highest BCUT2D eigenvalue weighted by atomic mass is 35.5. The van der Waals surface area contributed by atoms with Gasteiger partial charge in [-0.3, -0.25) is 14.4 Å². The molecule has 1 amide bonds. The minimum absolute atomic E-state index is 0.00755. The average molecular weight is 478 g/mol. The predicted octanol–water partition coefficient (Wildman–Crippen LogP) is 4.97. The number of methoxy groups -OCH3 is 1. The zero-order chi connectivity index (χ0) is 23.7. The maximum atomic E-state index is 13.1. The molecule has 1 aromatic heterocycles. The minimum atomic E-state index is -0.478. The summed E-state index contributed by atoms with van der Waals surface area (Å²) in [5.41, 5.74) is 3.47. The lowest BCUT2D eigenvalue weighted by molar-refractivity contribution is -0.122. The first-order valence-corrected chi connectivity index (χ1v) is 12.1. The Labute approximate surface area is 204 Å². The van der Waals surface area contributed by atoms with Crippen LogP contribution >= 0.6 is 11.6 Å². The van der Waals surface area contributed by atoms with Crippen LogP contribution in [0.4, 0.5) is 0 Å². The highest BCUT2D eigenvalue weighted by Crippen LogP contribution is 2.34. The van der Waals surface area contributed by atoms with Gasteiger partial charge >= 0.3 is 0 Å². The summed E-state index contributed by atoms with van der Waals surface area (Å²) >= 11 is 6.16. The summed E-state index contributed by atoms with van der Waals surface area (Å²) in [6.45, 7) is 1.91. The van der Waals surface area contributed by atoms with Crippen molar-refractivity contribution in [2.75, 3.05) is 7.11 Å². The number of halogens is 1. The molecule has 34 heavy (non-hydrogen) atoms. The van der Waals surface area contributed by atoms with Crippen LogP contribution in [0.15, 0.2) is 47.5 Å². The zero-order valence-electron chi connectivity index (χ0n) is 19.4. The second-order valence-corrected chi connectivity index (χ2v) is 9.37. The Balaban J connectivity index is 1.59. The Morgan fingerprint density at radius 1 is 1.12 bits per heavy atom. The topological polar surface area (TPSA) is 81.4 Å². The van der Waals surface area contributed by atoms with E-state index >= 15 is 0 Å². The molecule has 1 unspecified atom stereocenters. The number of hydrogen-bond donors (Lipinski definition) is 1. The van der Waals surface area contributed by atoms with Crippen LogP contribution in [-0.4, -0.2) is 39.5 Å². The molecule has 176 valence electrons. The molecule has 1 aliphatic carbocycles. The Bertz CT molecular complexity index is 1230. The minimum Gasteiger partial charge on any atom is -0.497 e. The number of amides is 1. The summed E-state index contributed by atoms with van der Waals surface area (Å²) in [4.78, 5) is 18.2. The number of nitrogens with one attached hydrogen (secondary N) is 1. The summed E-state index contributed by atoms with van der Waals surface area (Å²) in [6, 6.07) is 13.2. The Morgan fingerprint density at radius 2 is 1.88 bits per heavy atom. The van der Waals surface area contributed by atoms with Crippen LogP contribution in [0.2, 0.25) is 5.02 Å². The van der Waals surface area contributed by atoms with E-state index in [9.17, 15) is 4.79 Å². The molecule has 0 radical (unpaired) electrons. The molecule has 1 saturated carbocycles. The van der Waals surface area contributed by atoms with Crippen LogP contribution in [0.25, 0.3) is 5.69 Å². The van der Waals surface area contributed by atoms with Crippen molar-refractivity contribution in [2.45, 2.75) is 57.5 Å². The van der Waals surface area contributed by atoms with Crippen molar-refractivity contribution in [3.8, 4) is 11.4 Å². The van der Waals surface area contributed by atoms with Gasteiger partial charge in [-0.1, -0.05) is 43.0 Å². The van der Waals surface area contributed by atoms with Gasteiger partial charge in [0.25, 0.3) is 0 Å². The van der Waals surface area contributed by atoms with Gasteiger partial charge in [0.05, 0.1) is 24.9 Å². The SMILES string of the molecule is COc1ccc2c(c1)C(c1ccc(Cl)cc1)=NC(CC(=O)NC1CCCCC1)c1nnc(C)n1-2. The summed E-state index contributed by atoms with van der Waals surface area (Å²) in [5, 5.41) is 12.7. The molecule has 0 bridgehead atoms. The summed E-state index contributed by atoms with van der Waals surface area (Å²) in [6.07, 6.45) is 5.85. The van der Waals surface area contributed by atoms with E-state index in [0.717, 1.165) is 59.8 Å². The molecular weight excluding hydrogens is 450 g/mol. The van der Waals surface area contributed by atoms with E-state index in [4.69, 9.17) is 21.3 Å². The van der Waals surface area contributed by atoms with E-state index < -0.39 is 6.04 Å². The monoisotopic (exact) mass is 477 g/mol. The van der Waals surface area contributed by atoms with Gasteiger partial charge in [0.1, 0.15) is 17.6 Å². The quantitative estimate of drug-likeness (QED) is 0.562. The Morgan fingerprint density at radius 3 is 2.62 bits per heavy atom. The second-order valence-electron chi connectivity index (χ2n) is 8.93. The number of ether oxygens (including phenoxy) is 1. The molecule has 1 atom stereocenters. The fourth-order valence-electron chi connectivity index (χ4n) is 4.89.